The molecule has 0 saturated heterocycles. The maximum atomic E-state index is 12.4. The van der Waals surface area contributed by atoms with Crippen LogP contribution in [0.3, 0.4) is 0 Å². The summed E-state index contributed by atoms with van der Waals surface area (Å²) in [4.78, 5) is 12.4. The third kappa shape index (κ3) is 3.78. The molecular weight excluding hydrogens is 232 g/mol. The lowest BCUT2D eigenvalue weighted by Crippen LogP contribution is -2.14. The first-order chi connectivity index (χ1) is 9.31. The Morgan fingerprint density at radius 2 is 1.53 bits per heavy atom. The van der Waals surface area contributed by atoms with Gasteiger partial charge in [0.2, 0.25) is 0 Å². The first-order valence-corrected chi connectivity index (χ1v) is 6.94. The summed E-state index contributed by atoms with van der Waals surface area (Å²) in [5.41, 5.74) is 2.14. The highest BCUT2D eigenvalue weighted by Crippen LogP contribution is 2.18. The Bertz CT molecular complexity index is 502. The van der Waals surface area contributed by atoms with Gasteiger partial charge in [-0.2, -0.15) is 0 Å². The van der Waals surface area contributed by atoms with Crippen LogP contribution in [0.4, 0.5) is 0 Å². The van der Waals surface area contributed by atoms with Crippen LogP contribution in [0.25, 0.3) is 0 Å². The molecule has 0 bridgehead atoms. The largest absolute Gasteiger partial charge is 0.294 e. The van der Waals surface area contributed by atoms with Gasteiger partial charge in [0.05, 0.1) is 0 Å². The molecule has 0 aromatic heterocycles. The third-order valence-electron chi connectivity index (χ3n) is 3.55. The fourth-order valence-corrected chi connectivity index (χ4v) is 2.34. The summed E-state index contributed by atoms with van der Waals surface area (Å²) in [5, 5.41) is 0. The van der Waals surface area contributed by atoms with Gasteiger partial charge in [0.15, 0.2) is 5.78 Å². The minimum Gasteiger partial charge on any atom is -0.294 e. The zero-order valence-corrected chi connectivity index (χ0v) is 11.4. The molecule has 0 aliphatic carbocycles. The molecule has 2 aromatic carbocycles. The third-order valence-corrected chi connectivity index (χ3v) is 3.55. The van der Waals surface area contributed by atoms with Gasteiger partial charge in [-0.15, -0.1) is 0 Å². The van der Waals surface area contributed by atoms with Gasteiger partial charge in [0.25, 0.3) is 0 Å². The SMILES string of the molecule is CCC(CCc1ccccc1)C(=O)c1ccccc1. The molecule has 2 rings (SSSR count). The summed E-state index contributed by atoms with van der Waals surface area (Å²) in [6, 6.07) is 20.0. The van der Waals surface area contributed by atoms with E-state index in [1.807, 2.05) is 36.4 Å². The van der Waals surface area contributed by atoms with Crippen LogP contribution in [0.2, 0.25) is 0 Å². The van der Waals surface area contributed by atoms with Gasteiger partial charge in [-0.1, -0.05) is 67.6 Å². The minimum absolute atomic E-state index is 0.127. The highest BCUT2D eigenvalue weighted by Gasteiger charge is 2.17. The Morgan fingerprint density at radius 3 is 2.11 bits per heavy atom. The van der Waals surface area contributed by atoms with Gasteiger partial charge in [0.1, 0.15) is 0 Å². The van der Waals surface area contributed by atoms with Crippen molar-refractivity contribution in [1.82, 2.24) is 0 Å². The molecule has 0 spiro atoms. The second-order valence-corrected chi connectivity index (χ2v) is 4.86. The number of carbonyl (C=O) groups excluding carboxylic acids is 1. The molecule has 0 heterocycles. The number of hydrogen-bond donors (Lipinski definition) is 0. The number of carbonyl (C=O) groups is 1. The minimum atomic E-state index is 0.127. The molecule has 0 amide bonds. The van der Waals surface area contributed by atoms with Crippen molar-refractivity contribution >= 4 is 5.78 Å². The van der Waals surface area contributed by atoms with Gasteiger partial charge in [-0.05, 0) is 24.8 Å². The topological polar surface area (TPSA) is 17.1 Å². The van der Waals surface area contributed by atoms with Crippen molar-refractivity contribution in [3.05, 3.63) is 71.8 Å². The molecule has 1 nitrogen and oxygen atoms in total. The molecule has 0 N–H and O–H groups in total. The van der Waals surface area contributed by atoms with Crippen molar-refractivity contribution in [2.24, 2.45) is 5.92 Å². The van der Waals surface area contributed by atoms with Crippen molar-refractivity contribution in [3.63, 3.8) is 0 Å². The van der Waals surface area contributed by atoms with E-state index in [1.165, 1.54) is 5.56 Å². The summed E-state index contributed by atoms with van der Waals surface area (Å²) in [7, 11) is 0. The standard InChI is InChI=1S/C18H20O/c1-2-16(14-13-15-9-5-3-6-10-15)18(19)17-11-7-4-8-12-17/h3-12,16H,2,13-14H2,1H3. The molecule has 1 heteroatoms. The first kappa shape index (κ1) is 13.5. The predicted octanol–water partition coefficient (Wildman–Crippen LogP) is 4.53. The quantitative estimate of drug-likeness (QED) is 0.690. The number of benzene rings is 2. The maximum Gasteiger partial charge on any atom is 0.165 e. The van der Waals surface area contributed by atoms with E-state index in [9.17, 15) is 4.79 Å². The fraction of sp³-hybridized carbons (Fsp3) is 0.278. The second-order valence-electron chi connectivity index (χ2n) is 4.86. The number of ketones is 1. The van der Waals surface area contributed by atoms with Gasteiger partial charge < -0.3 is 0 Å². The smallest absolute Gasteiger partial charge is 0.165 e. The van der Waals surface area contributed by atoms with E-state index in [1.54, 1.807) is 0 Å². The number of Topliss-reactive ketones (excluding diaryl/α,β-unsaturated/α-hetero) is 1. The lowest BCUT2D eigenvalue weighted by Gasteiger charge is -2.13. The number of aryl methyl sites for hydroxylation is 1. The summed E-state index contributed by atoms with van der Waals surface area (Å²) in [6.45, 7) is 2.09. The van der Waals surface area contributed by atoms with E-state index in [4.69, 9.17) is 0 Å². The Morgan fingerprint density at radius 1 is 0.947 bits per heavy atom. The fourth-order valence-electron chi connectivity index (χ4n) is 2.34. The number of rotatable bonds is 6. The lowest BCUT2D eigenvalue weighted by molar-refractivity contribution is 0.0910. The zero-order chi connectivity index (χ0) is 13.5. The predicted molar refractivity (Wildman–Crippen MR) is 79.3 cm³/mol. The van der Waals surface area contributed by atoms with Crippen molar-refractivity contribution in [2.45, 2.75) is 26.2 Å². The lowest BCUT2D eigenvalue weighted by atomic mass is 9.90. The van der Waals surface area contributed by atoms with Crippen molar-refractivity contribution in [3.8, 4) is 0 Å². The van der Waals surface area contributed by atoms with Gasteiger partial charge in [-0.3, -0.25) is 4.79 Å². The maximum absolute atomic E-state index is 12.4. The molecular formula is C18H20O. The highest BCUT2D eigenvalue weighted by atomic mass is 16.1. The van der Waals surface area contributed by atoms with Crippen molar-refractivity contribution in [2.75, 3.05) is 0 Å². The van der Waals surface area contributed by atoms with E-state index in [0.29, 0.717) is 0 Å². The number of hydrogen-bond acceptors (Lipinski definition) is 1. The average Bonchev–Trinajstić information content (AvgIpc) is 2.49. The van der Waals surface area contributed by atoms with Crippen LogP contribution in [-0.2, 0) is 6.42 Å². The zero-order valence-electron chi connectivity index (χ0n) is 11.4. The monoisotopic (exact) mass is 252 g/mol. The average molecular weight is 252 g/mol. The van der Waals surface area contributed by atoms with Gasteiger partial charge in [-0.25, -0.2) is 0 Å². The van der Waals surface area contributed by atoms with E-state index >= 15 is 0 Å². The first-order valence-electron chi connectivity index (χ1n) is 6.94. The second kappa shape index (κ2) is 6.89. The Labute approximate surface area is 115 Å². The Hall–Kier alpha value is -1.89. The van der Waals surface area contributed by atoms with Crippen LogP contribution in [-0.4, -0.2) is 5.78 Å². The highest BCUT2D eigenvalue weighted by molar-refractivity contribution is 5.97. The summed E-state index contributed by atoms with van der Waals surface area (Å²) >= 11 is 0. The molecule has 2 aromatic rings. The van der Waals surface area contributed by atoms with Crippen molar-refractivity contribution < 1.29 is 4.79 Å². The van der Waals surface area contributed by atoms with E-state index in [-0.39, 0.29) is 11.7 Å². The Kier molecular flexibility index (Phi) is 4.91. The van der Waals surface area contributed by atoms with E-state index < -0.39 is 0 Å². The molecule has 98 valence electrons. The van der Waals surface area contributed by atoms with Gasteiger partial charge >= 0.3 is 0 Å². The van der Waals surface area contributed by atoms with Crippen LogP contribution in [0, 0.1) is 5.92 Å². The van der Waals surface area contributed by atoms with Crippen LogP contribution >= 0.6 is 0 Å². The molecule has 0 aliphatic heterocycles. The van der Waals surface area contributed by atoms with Gasteiger partial charge in [0, 0.05) is 11.5 Å². The molecule has 0 aliphatic rings. The summed E-state index contributed by atoms with van der Waals surface area (Å²) in [5.74, 6) is 0.404. The van der Waals surface area contributed by atoms with Crippen LogP contribution in [0.5, 0.6) is 0 Å². The summed E-state index contributed by atoms with van der Waals surface area (Å²) < 4.78 is 0. The van der Waals surface area contributed by atoms with Crippen LogP contribution < -0.4 is 0 Å². The molecule has 19 heavy (non-hydrogen) atoms. The molecule has 1 atom stereocenters. The Balaban J connectivity index is 1.99. The van der Waals surface area contributed by atoms with Crippen molar-refractivity contribution in [1.29, 1.82) is 0 Å². The molecule has 0 fully saturated rings. The van der Waals surface area contributed by atoms with Crippen LogP contribution in [0.1, 0.15) is 35.7 Å². The normalized spacial score (nSPS) is 12.1. The van der Waals surface area contributed by atoms with E-state index in [0.717, 1.165) is 24.8 Å². The molecule has 1 unspecified atom stereocenters. The van der Waals surface area contributed by atoms with E-state index in [2.05, 4.69) is 31.2 Å². The van der Waals surface area contributed by atoms with Crippen LogP contribution in [0.15, 0.2) is 60.7 Å². The molecule has 0 radical (unpaired) electrons. The summed E-state index contributed by atoms with van der Waals surface area (Å²) in [6.07, 6.45) is 2.80. The molecule has 0 saturated carbocycles.